The number of carbonyl (C=O) groups is 3. The van der Waals surface area contributed by atoms with Crippen molar-refractivity contribution in [3.63, 3.8) is 0 Å². The monoisotopic (exact) mass is 691 g/mol. The third-order valence-corrected chi connectivity index (χ3v) is 13.5. The van der Waals surface area contributed by atoms with Crippen molar-refractivity contribution in [1.29, 1.82) is 0 Å². The number of fused-ring (bicyclic) bond motifs is 1. The Hall–Kier alpha value is -4.00. The van der Waals surface area contributed by atoms with Crippen LogP contribution in [0.1, 0.15) is 78.1 Å². The van der Waals surface area contributed by atoms with E-state index in [1.807, 2.05) is 47.0 Å². The maximum absolute atomic E-state index is 13.7. The van der Waals surface area contributed by atoms with Gasteiger partial charge < -0.3 is 34.4 Å². The summed E-state index contributed by atoms with van der Waals surface area (Å²) in [5.74, 6) is -0.768. The van der Waals surface area contributed by atoms with Crippen LogP contribution in [0.3, 0.4) is 0 Å². The molecule has 1 aliphatic rings. The van der Waals surface area contributed by atoms with E-state index in [2.05, 4.69) is 66.9 Å². The van der Waals surface area contributed by atoms with E-state index in [1.165, 1.54) is 25.0 Å². The number of amides is 3. The maximum Gasteiger partial charge on any atom is 0.408 e. The Morgan fingerprint density at radius 2 is 1.61 bits per heavy atom. The van der Waals surface area contributed by atoms with Crippen molar-refractivity contribution in [3.05, 3.63) is 83.8 Å². The molecule has 0 saturated heterocycles. The maximum atomic E-state index is 13.7. The molecule has 4 rings (SSSR count). The van der Waals surface area contributed by atoms with Gasteiger partial charge in [-0.25, -0.2) is 9.78 Å². The lowest BCUT2D eigenvalue weighted by atomic mass is 10.0. The highest BCUT2D eigenvalue weighted by Crippen LogP contribution is 2.43. The Balaban J connectivity index is 1.52. The van der Waals surface area contributed by atoms with Gasteiger partial charge in [-0.15, -0.1) is 0 Å². The number of anilines is 1. The molecule has 1 aliphatic carbocycles. The highest BCUT2D eigenvalue weighted by atomic mass is 28.4. The van der Waals surface area contributed by atoms with Crippen LogP contribution >= 0.6 is 0 Å². The van der Waals surface area contributed by atoms with Gasteiger partial charge in [-0.1, -0.05) is 75.4 Å². The second-order valence-electron chi connectivity index (χ2n) is 15.7. The van der Waals surface area contributed by atoms with Gasteiger partial charge in [0.05, 0.1) is 31.7 Å². The standard InChI is InChI=1S/C37H53N5O6Si/c1-35(2,3)47-34(45)41-37(7,8)33(44)39-28(23-46-22-25-16-12-11-13-17-25)32(43)40-30-21-42(24-38-30)31-27-19-15-14-18-26(27)20-29(31)48-49(9,10)36(4,5)6/h11-19,21,24,28-29,31H,20,22-23H2,1-10H3,(H,39,44)(H,40,43)(H,41,45)/t28-,29-,31+/m1/s1. The Morgan fingerprint density at radius 1 is 0.959 bits per heavy atom. The number of aromatic nitrogens is 2. The second kappa shape index (κ2) is 14.9. The number of nitrogens with one attached hydrogen (secondary N) is 3. The van der Waals surface area contributed by atoms with Gasteiger partial charge >= 0.3 is 6.09 Å². The molecular formula is C37H53N5O6Si. The van der Waals surface area contributed by atoms with Crippen molar-refractivity contribution < 1.29 is 28.3 Å². The molecule has 49 heavy (non-hydrogen) atoms. The van der Waals surface area contributed by atoms with E-state index in [0.717, 1.165) is 12.0 Å². The summed E-state index contributed by atoms with van der Waals surface area (Å²) >= 11 is 0. The van der Waals surface area contributed by atoms with Crippen LogP contribution < -0.4 is 16.0 Å². The number of hydrogen-bond donors (Lipinski definition) is 3. The van der Waals surface area contributed by atoms with Crippen LogP contribution in [0.4, 0.5) is 10.6 Å². The molecule has 0 spiro atoms. The van der Waals surface area contributed by atoms with Crippen LogP contribution in [-0.4, -0.2) is 65.7 Å². The van der Waals surface area contributed by atoms with Crippen molar-refractivity contribution in [2.75, 3.05) is 11.9 Å². The molecule has 3 atom stereocenters. The highest BCUT2D eigenvalue weighted by Gasteiger charge is 2.44. The first-order chi connectivity index (χ1) is 22.8. The van der Waals surface area contributed by atoms with Gasteiger partial charge in [-0.2, -0.15) is 0 Å². The Morgan fingerprint density at radius 3 is 2.27 bits per heavy atom. The molecule has 266 valence electrons. The molecule has 0 radical (unpaired) electrons. The fraction of sp³-hybridized carbons (Fsp3) is 0.514. The van der Waals surface area contributed by atoms with Crippen molar-refractivity contribution in [3.8, 4) is 0 Å². The normalized spacial score (nSPS) is 17.2. The smallest absolute Gasteiger partial charge is 0.408 e. The van der Waals surface area contributed by atoms with E-state index in [1.54, 1.807) is 33.3 Å². The fourth-order valence-electron chi connectivity index (χ4n) is 5.32. The molecule has 0 unspecified atom stereocenters. The van der Waals surface area contributed by atoms with Gasteiger partial charge in [-0.3, -0.25) is 9.59 Å². The third kappa shape index (κ3) is 10.0. The van der Waals surface area contributed by atoms with Gasteiger partial charge in [0.2, 0.25) is 5.91 Å². The molecule has 0 fully saturated rings. The van der Waals surface area contributed by atoms with E-state index in [0.29, 0.717) is 5.82 Å². The molecule has 3 amide bonds. The molecule has 3 aromatic rings. The summed E-state index contributed by atoms with van der Waals surface area (Å²) in [6, 6.07) is 16.7. The van der Waals surface area contributed by atoms with Gasteiger partial charge in [0.1, 0.15) is 17.2 Å². The summed E-state index contributed by atoms with van der Waals surface area (Å²) in [5.41, 5.74) is 1.18. The van der Waals surface area contributed by atoms with E-state index >= 15 is 0 Å². The molecule has 0 bridgehead atoms. The lowest BCUT2D eigenvalue weighted by Crippen LogP contribution is -2.59. The van der Waals surface area contributed by atoms with Crippen molar-refractivity contribution in [2.24, 2.45) is 0 Å². The highest BCUT2D eigenvalue weighted by molar-refractivity contribution is 6.74. The predicted molar refractivity (Wildman–Crippen MR) is 193 cm³/mol. The Bertz CT molecular complexity index is 1610. The SMILES string of the molecule is CC(C)(C)OC(=O)NC(C)(C)C(=O)N[C@H](COCc1ccccc1)C(=O)Nc1cn([C@H]2c3ccccc3C[C@H]2O[Si](C)(C)C(C)(C)C)cn1. The van der Waals surface area contributed by atoms with Crippen molar-refractivity contribution >= 4 is 32.0 Å². The average molecular weight is 692 g/mol. The predicted octanol–water partition coefficient (Wildman–Crippen LogP) is 6.36. The van der Waals surface area contributed by atoms with Crippen molar-refractivity contribution in [1.82, 2.24) is 20.2 Å². The Kier molecular flexibility index (Phi) is 11.5. The lowest BCUT2D eigenvalue weighted by molar-refractivity contribution is -0.131. The second-order valence-corrected chi connectivity index (χ2v) is 20.5. The first-order valence-corrected chi connectivity index (χ1v) is 19.7. The van der Waals surface area contributed by atoms with Gasteiger partial charge in [0, 0.05) is 12.6 Å². The summed E-state index contributed by atoms with van der Waals surface area (Å²) in [6.45, 7) is 19.6. The van der Waals surface area contributed by atoms with Crippen LogP contribution in [0.25, 0.3) is 0 Å². The van der Waals surface area contributed by atoms with Gasteiger partial charge in [0.15, 0.2) is 14.1 Å². The summed E-state index contributed by atoms with van der Waals surface area (Å²) in [6.07, 6.45) is 3.45. The number of hydrogen-bond acceptors (Lipinski definition) is 7. The average Bonchev–Trinajstić information content (AvgIpc) is 3.58. The van der Waals surface area contributed by atoms with Crippen LogP contribution in [0.5, 0.6) is 0 Å². The largest absolute Gasteiger partial charge is 0.444 e. The number of ether oxygens (including phenoxy) is 2. The van der Waals surface area contributed by atoms with Crippen LogP contribution in [-0.2, 0) is 36.5 Å². The van der Waals surface area contributed by atoms with E-state index in [4.69, 9.17) is 13.9 Å². The zero-order chi connectivity index (χ0) is 36.2. The molecule has 2 aromatic carbocycles. The van der Waals surface area contributed by atoms with Gasteiger partial charge in [0.25, 0.3) is 5.91 Å². The molecule has 0 aliphatic heterocycles. The molecule has 1 aromatic heterocycles. The number of imidazole rings is 1. The molecule has 11 nitrogen and oxygen atoms in total. The van der Waals surface area contributed by atoms with Gasteiger partial charge in [-0.05, 0) is 69.4 Å². The zero-order valence-corrected chi connectivity index (χ0v) is 31.5. The summed E-state index contributed by atoms with van der Waals surface area (Å²) < 4.78 is 20.2. The number of rotatable bonds is 12. The quantitative estimate of drug-likeness (QED) is 0.188. The van der Waals surface area contributed by atoms with E-state index in [9.17, 15) is 14.4 Å². The van der Waals surface area contributed by atoms with Crippen LogP contribution in [0.2, 0.25) is 18.1 Å². The zero-order valence-electron chi connectivity index (χ0n) is 30.5. The first kappa shape index (κ1) is 37.8. The lowest BCUT2D eigenvalue weighted by Gasteiger charge is -2.40. The minimum absolute atomic E-state index is 0.0411. The van der Waals surface area contributed by atoms with E-state index < -0.39 is 43.4 Å². The molecule has 1 heterocycles. The number of carbonyl (C=O) groups excluding carboxylic acids is 3. The minimum Gasteiger partial charge on any atom is -0.444 e. The first-order valence-electron chi connectivity index (χ1n) is 16.8. The minimum atomic E-state index is -2.10. The fourth-order valence-corrected chi connectivity index (χ4v) is 6.65. The van der Waals surface area contributed by atoms with Crippen LogP contribution in [0, 0.1) is 0 Å². The number of alkyl carbamates (subject to hydrolysis) is 1. The summed E-state index contributed by atoms with van der Waals surface area (Å²) in [4.78, 5) is 44.2. The summed E-state index contributed by atoms with van der Waals surface area (Å²) in [7, 11) is -2.10. The van der Waals surface area contributed by atoms with Crippen molar-refractivity contribution in [2.45, 2.75) is 116 Å². The Labute approximate surface area is 291 Å². The number of benzene rings is 2. The van der Waals surface area contributed by atoms with E-state index in [-0.39, 0.29) is 30.4 Å². The molecule has 12 heteroatoms. The molecular weight excluding hydrogens is 639 g/mol. The molecule has 0 saturated carbocycles. The third-order valence-electron chi connectivity index (χ3n) is 8.97. The number of nitrogens with zero attached hydrogens (tertiary/aromatic N) is 2. The molecule has 3 N–H and O–H groups in total. The topological polar surface area (TPSA) is 133 Å². The van der Waals surface area contributed by atoms with Crippen LogP contribution in [0.15, 0.2) is 67.1 Å². The summed E-state index contributed by atoms with van der Waals surface area (Å²) in [5, 5.41) is 8.25.